The zero-order valence-electron chi connectivity index (χ0n) is 10.3. The fourth-order valence-electron chi connectivity index (χ4n) is 1.45. The molecule has 4 heteroatoms. The maximum Gasteiger partial charge on any atom is 0.236 e. The number of rotatable bonds is 8. The summed E-state index contributed by atoms with van der Waals surface area (Å²) in [5.74, 6) is 0.0370. The van der Waals surface area contributed by atoms with Crippen LogP contribution < -0.4 is 10.6 Å². The number of ether oxygens (including phenoxy) is 1. The van der Waals surface area contributed by atoms with Crippen molar-refractivity contribution in [1.82, 2.24) is 10.6 Å². The average Bonchev–Trinajstić information content (AvgIpc) is 2.18. The van der Waals surface area contributed by atoms with Crippen LogP contribution in [0, 0.1) is 0 Å². The van der Waals surface area contributed by atoms with Crippen LogP contribution in [0.5, 0.6) is 0 Å². The van der Waals surface area contributed by atoms with Gasteiger partial charge in [-0.25, -0.2) is 0 Å². The first kappa shape index (κ1) is 14.4. The molecule has 0 aliphatic carbocycles. The Morgan fingerprint density at radius 2 is 2.07 bits per heavy atom. The standard InChI is InChI=1S/C11H24N2O2/c1-5-6-9(2)13-10(3)11(14)12-7-8-15-4/h9-10,13H,5-8H2,1-4H3,(H,12,14). The minimum Gasteiger partial charge on any atom is -0.383 e. The topological polar surface area (TPSA) is 50.4 Å². The summed E-state index contributed by atoms with van der Waals surface area (Å²) in [5.41, 5.74) is 0. The number of methoxy groups -OCH3 is 1. The van der Waals surface area contributed by atoms with E-state index in [-0.39, 0.29) is 11.9 Å². The van der Waals surface area contributed by atoms with Gasteiger partial charge in [0, 0.05) is 19.7 Å². The molecule has 0 aromatic carbocycles. The van der Waals surface area contributed by atoms with Crippen LogP contribution in [0.2, 0.25) is 0 Å². The molecule has 4 nitrogen and oxygen atoms in total. The van der Waals surface area contributed by atoms with Gasteiger partial charge in [-0.05, 0) is 20.3 Å². The molecule has 0 rings (SSSR count). The average molecular weight is 216 g/mol. The van der Waals surface area contributed by atoms with Crippen molar-refractivity contribution in [2.24, 2.45) is 0 Å². The van der Waals surface area contributed by atoms with Gasteiger partial charge < -0.3 is 15.4 Å². The second-order valence-electron chi connectivity index (χ2n) is 3.86. The van der Waals surface area contributed by atoms with Gasteiger partial charge >= 0.3 is 0 Å². The van der Waals surface area contributed by atoms with E-state index in [0.717, 1.165) is 12.8 Å². The minimum atomic E-state index is -0.136. The highest BCUT2D eigenvalue weighted by Crippen LogP contribution is 1.96. The molecule has 2 atom stereocenters. The number of carbonyl (C=O) groups is 1. The van der Waals surface area contributed by atoms with Gasteiger partial charge in [-0.1, -0.05) is 13.3 Å². The Balaban J connectivity index is 3.68. The van der Waals surface area contributed by atoms with Crippen LogP contribution in [0.4, 0.5) is 0 Å². The molecule has 0 radical (unpaired) electrons. The molecule has 2 N–H and O–H groups in total. The summed E-state index contributed by atoms with van der Waals surface area (Å²) in [4.78, 5) is 11.5. The van der Waals surface area contributed by atoms with Crippen LogP contribution in [0.1, 0.15) is 33.6 Å². The summed E-state index contributed by atoms with van der Waals surface area (Å²) in [7, 11) is 1.62. The first-order chi connectivity index (χ1) is 7.11. The van der Waals surface area contributed by atoms with Crippen molar-refractivity contribution in [3.8, 4) is 0 Å². The van der Waals surface area contributed by atoms with E-state index in [0.29, 0.717) is 19.2 Å². The molecule has 15 heavy (non-hydrogen) atoms. The van der Waals surface area contributed by atoms with Gasteiger partial charge in [0.05, 0.1) is 12.6 Å². The SMILES string of the molecule is CCCC(C)NC(C)C(=O)NCCOC. The number of carbonyl (C=O) groups excluding carboxylic acids is 1. The van der Waals surface area contributed by atoms with Crippen molar-refractivity contribution in [3.63, 3.8) is 0 Å². The molecule has 0 spiro atoms. The van der Waals surface area contributed by atoms with Crippen LogP contribution in [0.15, 0.2) is 0 Å². The normalized spacial score (nSPS) is 14.7. The Morgan fingerprint density at radius 3 is 2.60 bits per heavy atom. The van der Waals surface area contributed by atoms with Gasteiger partial charge in [0.25, 0.3) is 0 Å². The second kappa shape index (κ2) is 8.68. The monoisotopic (exact) mass is 216 g/mol. The van der Waals surface area contributed by atoms with Gasteiger partial charge in [0.1, 0.15) is 0 Å². The predicted molar refractivity (Wildman–Crippen MR) is 61.9 cm³/mol. The molecular weight excluding hydrogens is 192 g/mol. The van der Waals surface area contributed by atoms with Gasteiger partial charge in [0.15, 0.2) is 0 Å². The third kappa shape index (κ3) is 7.33. The van der Waals surface area contributed by atoms with Gasteiger partial charge in [-0.2, -0.15) is 0 Å². The van der Waals surface area contributed by atoms with Crippen molar-refractivity contribution in [3.05, 3.63) is 0 Å². The lowest BCUT2D eigenvalue weighted by atomic mass is 10.1. The largest absolute Gasteiger partial charge is 0.383 e. The van der Waals surface area contributed by atoms with E-state index >= 15 is 0 Å². The zero-order chi connectivity index (χ0) is 11.7. The van der Waals surface area contributed by atoms with Crippen LogP contribution in [0.3, 0.4) is 0 Å². The lowest BCUT2D eigenvalue weighted by Crippen LogP contribution is -2.46. The van der Waals surface area contributed by atoms with Gasteiger partial charge in [-0.15, -0.1) is 0 Å². The first-order valence-electron chi connectivity index (χ1n) is 5.64. The third-order valence-electron chi connectivity index (χ3n) is 2.25. The van der Waals surface area contributed by atoms with E-state index in [9.17, 15) is 4.79 Å². The molecule has 2 unspecified atom stereocenters. The predicted octanol–water partition coefficient (Wildman–Crippen LogP) is 0.916. The summed E-state index contributed by atoms with van der Waals surface area (Å²) < 4.78 is 4.86. The molecule has 0 saturated heterocycles. The van der Waals surface area contributed by atoms with E-state index in [1.54, 1.807) is 7.11 Å². The molecule has 1 amide bonds. The molecule has 0 aliphatic rings. The molecule has 0 fully saturated rings. The Labute approximate surface area is 92.8 Å². The maximum atomic E-state index is 11.5. The Morgan fingerprint density at radius 1 is 1.40 bits per heavy atom. The fourth-order valence-corrected chi connectivity index (χ4v) is 1.45. The van der Waals surface area contributed by atoms with E-state index in [4.69, 9.17) is 4.74 Å². The van der Waals surface area contributed by atoms with Crippen LogP contribution in [-0.4, -0.2) is 38.3 Å². The van der Waals surface area contributed by atoms with Crippen molar-refractivity contribution in [1.29, 1.82) is 0 Å². The van der Waals surface area contributed by atoms with E-state index in [2.05, 4.69) is 24.5 Å². The zero-order valence-corrected chi connectivity index (χ0v) is 10.3. The molecule has 0 heterocycles. The highest BCUT2D eigenvalue weighted by atomic mass is 16.5. The first-order valence-corrected chi connectivity index (χ1v) is 5.64. The van der Waals surface area contributed by atoms with Crippen molar-refractivity contribution in [2.75, 3.05) is 20.3 Å². The lowest BCUT2D eigenvalue weighted by molar-refractivity contribution is -0.123. The van der Waals surface area contributed by atoms with Crippen LogP contribution in [0.25, 0.3) is 0 Å². The molecule has 0 aromatic heterocycles. The number of hydrogen-bond acceptors (Lipinski definition) is 3. The summed E-state index contributed by atoms with van der Waals surface area (Å²) in [6.07, 6.45) is 2.22. The summed E-state index contributed by atoms with van der Waals surface area (Å²) in [6, 6.07) is 0.251. The summed E-state index contributed by atoms with van der Waals surface area (Å²) in [5, 5.41) is 6.06. The minimum absolute atomic E-state index is 0.0370. The smallest absolute Gasteiger partial charge is 0.236 e. The van der Waals surface area contributed by atoms with Crippen molar-refractivity contribution in [2.45, 2.75) is 45.7 Å². The highest BCUT2D eigenvalue weighted by molar-refractivity contribution is 5.81. The van der Waals surface area contributed by atoms with E-state index in [1.165, 1.54) is 0 Å². The fraction of sp³-hybridized carbons (Fsp3) is 0.909. The summed E-state index contributed by atoms with van der Waals surface area (Å²) >= 11 is 0. The summed E-state index contributed by atoms with van der Waals surface area (Å²) in [6.45, 7) is 7.25. The van der Waals surface area contributed by atoms with Crippen LogP contribution >= 0.6 is 0 Å². The molecule has 0 saturated carbocycles. The van der Waals surface area contributed by atoms with Gasteiger partial charge in [0.2, 0.25) is 5.91 Å². The Kier molecular flexibility index (Phi) is 8.33. The number of amides is 1. The Hall–Kier alpha value is -0.610. The van der Waals surface area contributed by atoms with E-state index < -0.39 is 0 Å². The van der Waals surface area contributed by atoms with Crippen LogP contribution in [-0.2, 0) is 9.53 Å². The Bertz CT molecular complexity index is 174. The maximum absolute atomic E-state index is 11.5. The number of hydrogen-bond donors (Lipinski definition) is 2. The lowest BCUT2D eigenvalue weighted by Gasteiger charge is -2.19. The number of nitrogens with one attached hydrogen (secondary N) is 2. The van der Waals surface area contributed by atoms with Gasteiger partial charge in [-0.3, -0.25) is 4.79 Å². The molecule has 0 aromatic rings. The molecule has 0 bridgehead atoms. The van der Waals surface area contributed by atoms with Crippen molar-refractivity contribution < 1.29 is 9.53 Å². The molecule has 90 valence electrons. The van der Waals surface area contributed by atoms with E-state index in [1.807, 2.05) is 6.92 Å². The molecule has 0 aliphatic heterocycles. The third-order valence-corrected chi connectivity index (χ3v) is 2.25. The second-order valence-corrected chi connectivity index (χ2v) is 3.86. The van der Waals surface area contributed by atoms with Crippen molar-refractivity contribution >= 4 is 5.91 Å². The quantitative estimate of drug-likeness (QED) is 0.593. The molecular formula is C11H24N2O2. The highest BCUT2D eigenvalue weighted by Gasteiger charge is 2.13.